The first-order valence-corrected chi connectivity index (χ1v) is 9.41. The number of benzene rings is 3. The highest BCUT2D eigenvalue weighted by atomic mass is 79.9. The summed E-state index contributed by atoms with van der Waals surface area (Å²) in [4.78, 5) is 22.2. The molecule has 0 amide bonds. The normalized spacial score (nSPS) is 10.7. The molecule has 7 heteroatoms. The number of carbonyl (C=O) groups excluding carboxylic acids is 1. The molecule has 0 aliphatic carbocycles. The van der Waals surface area contributed by atoms with E-state index >= 15 is 0 Å². The van der Waals surface area contributed by atoms with Gasteiger partial charge in [0.15, 0.2) is 0 Å². The second-order valence-electron chi connectivity index (χ2n) is 5.96. The van der Waals surface area contributed by atoms with Gasteiger partial charge in [-0.25, -0.2) is 4.79 Å². The molecule has 0 unspecified atom stereocenters. The van der Waals surface area contributed by atoms with Gasteiger partial charge in [0.25, 0.3) is 5.69 Å². The summed E-state index contributed by atoms with van der Waals surface area (Å²) in [6.45, 7) is 0.399. The summed E-state index contributed by atoms with van der Waals surface area (Å²) in [5.41, 5.74) is 1.66. The zero-order valence-electron chi connectivity index (χ0n) is 15.2. The molecular formula is C22H16BrNO5. The van der Waals surface area contributed by atoms with Gasteiger partial charge in [0.05, 0.1) is 4.92 Å². The van der Waals surface area contributed by atoms with Crippen molar-refractivity contribution in [2.75, 3.05) is 0 Å². The number of nitro groups is 1. The minimum Gasteiger partial charge on any atom is -0.488 e. The summed E-state index contributed by atoms with van der Waals surface area (Å²) in [6.07, 6.45) is 2.87. The van der Waals surface area contributed by atoms with Crippen LogP contribution in [0.1, 0.15) is 11.1 Å². The molecule has 0 radical (unpaired) electrons. The van der Waals surface area contributed by atoms with E-state index < -0.39 is 10.9 Å². The van der Waals surface area contributed by atoms with E-state index in [9.17, 15) is 14.9 Å². The smallest absolute Gasteiger partial charge is 0.336 e. The van der Waals surface area contributed by atoms with Crippen molar-refractivity contribution in [3.05, 3.63) is 105 Å². The molecule has 0 bridgehead atoms. The van der Waals surface area contributed by atoms with Crippen molar-refractivity contribution in [3.63, 3.8) is 0 Å². The highest BCUT2D eigenvalue weighted by Gasteiger charge is 2.08. The number of carbonyl (C=O) groups is 1. The lowest BCUT2D eigenvalue weighted by atomic mass is 10.2. The summed E-state index contributed by atoms with van der Waals surface area (Å²) in [7, 11) is 0. The molecule has 0 atom stereocenters. The zero-order valence-corrected chi connectivity index (χ0v) is 16.7. The van der Waals surface area contributed by atoms with Crippen LogP contribution in [0.4, 0.5) is 5.69 Å². The van der Waals surface area contributed by atoms with Gasteiger partial charge in [0.2, 0.25) is 0 Å². The standard InChI is InChI=1S/C22H16BrNO5/c23-18-7-12-21(28-15-16-4-2-1-3-5-16)17(14-18)6-13-22(25)29-20-10-8-19(9-11-20)24(26)27/h1-14H,15H2/b13-6+. The van der Waals surface area contributed by atoms with Crippen molar-refractivity contribution < 1.29 is 19.2 Å². The van der Waals surface area contributed by atoms with Crippen LogP contribution in [0, 0.1) is 10.1 Å². The second kappa shape index (κ2) is 9.66. The third-order valence-corrected chi connectivity index (χ3v) is 4.37. The van der Waals surface area contributed by atoms with E-state index in [1.165, 1.54) is 30.3 Å². The lowest BCUT2D eigenvalue weighted by Gasteiger charge is -2.10. The Balaban J connectivity index is 1.67. The second-order valence-corrected chi connectivity index (χ2v) is 6.88. The zero-order chi connectivity index (χ0) is 20.6. The van der Waals surface area contributed by atoms with E-state index in [0.717, 1.165) is 10.0 Å². The van der Waals surface area contributed by atoms with Crippen LogP contribution >= 0.6 is 15.9 Å². The molecule has 0 saturated heterocycles. The van der Waals surface area contributed by atoms with Gasteiger partial charge in [-0.15, -0.1) is 0 Å². The van der Waals surface area contributed by atoms with E-state index in [-0.39, 0.29) is 11.4 Å². The minimum atomic E-state index is -0.604. The van der Waals surface area contributed by atoms with Crippen LogP contribution in [0.5, 0.6) is 11.5 Å². The number of esters is 1. The SMILES string of the molecule is O=C(/C=C/c1cc(Br)ccc1OCc1ccccc1)Oc1ccc([N+](=O)[O-])cc1. The first-order chi connectivity index (χ1) is 14.0. The maximum absolute atomic E-state index is 12.1. The van der Waals surface area contributed by atoms with Crippen molar-refractivity contribution in [3.8, 4) is 11.5 Å². The Morgan fingerprint density at radius 3 is 2.45 bits per heavy atom. The summed E-state index contributed by atoms with van der Waals surface area (Å²) in [5, 5.41) is 10.7. The van der Waals surface area contributed by atoms with E-state index in [1.54, 1.807) is 6.08 Å². The first-order valence-electron chi connectivity index (χ1n) is 8.62. The molecular weight excluding hydrogens is 438 g/mol. The predicted molar refractivity (Wildman–Crippen MR) is 113 cm³/mol. The Bertz CT molecular complexity index is 1030. The van der Waals surface area contributed by atoms with E-state index in [2.05, 4.69) is 15.9 Å². The average Bonchev–Trinajstić information content (AvgIpc) is 2.72. The van der Waals surface area contributed by atoms with Crippen LogP contribution in [-0.2, 0) is 11.4 Å². The summed E-state index contributed by atoms with van der Waals surface area (Å²) >= 11 is 3.41. The number of hydrogen-bond acceptors (Lipinski definition) is 5. The van der Waals surface area contributed by atoms with Gasteiger partial charge >= 0.3 is 5.97 Å². The van der Waals surface area contributed by atoms with E-state index in [4.69, 9.17) is 9.47 Å². The maximum Gasteiger partial charge on any atom is 0.336 e. The van der Waals surface area contributed by atoms with E-state index in [0.29, 0.717) is 17.9 Å². The van der Waals surface area contributed by atoms with Gasteiger partial charge in [-0.3, -0.25) is 10.1 Å². The minimum absolute atomic E-state index is 0.0744. The van der Waals surface area contributed by atoms with E-state index in [1.807, 2.05) is 48.5 Å². The van der Waals surface area contributed by atoms with Crippen molar-refractivity contribution in [2.24, 2.45) is 0 Å². The van der Waals surface area contributed by atoms with Gasteiger partial charge in [0, 0.05) is 28.2 Å². The number of nitrogens with zero attached hydrogens (tertiary/aromatic N) is 1. The van der Waals surface area contributed by atoms with Gasteiger partial charge < -0.3 is 9.47 Å². The molecule has 3 aromatic carbocycles. The quantitative estimate of drug-likeness (QED) is 0.154. The molecule has 0 aromatic heterocycles. The third-order valence-electron chi connectivity index (χ3n) is 3.87. The van der Waals surface area contributed by atoms with Crippen molar-refractivity contribution in [2.45, 2.75) is 6.61 Å². The van der Waals surface area contributed by atoms with Gasteiger partial charge in [-0.05, 0) is 42.0 Å². The van der Waals surface area contributed by atoms with Crippen LogP contribution in [0.2, 0.25) is 0 Å². The largest absolute Gasteiger partial charge is 0.488 e. The van der Waals surface area contributed by atoms with Crippen LogP contribution in [0.15, 0.2) is 83.3 Å². The molecule has 3 rings (SSSR count). The Kier molecular flexibility index (Phi) is 6.76. The molecule has 0 N–H and O–H groups in total. The topological polar surface area (TPSA) is 78.7 Å². The summed E-state index contributed by atoms with van der Waals surface area (Å²) in [6, 6.07) is 20.5. The van der Waals surface area contributed by atoms with Gasteiger partial charge in [-0.2, -0.15) is 0 Å². The molecule has 3 aromatic rings. The Morgan fingerprint density at radius 2 is 1.76 bits per heavy atom. The number of ether oxygens (including phenoxy) is 2. The monoisotopic (exact) mass is 453 g/mol. The third kappa shape index (κ3) is 6.02. The molecule has 0 fully saturated rings. The number of rotatable bonds is 7. The maximum atomic E-state index is 12.1. The highest BCUT2D eigenvalue weighted by Crippen LogP contribution is 2.26. The molecule has 146 valence electrons. The Morgan fingerprint density at radius 1 is 1.03 bits per heavy atom. The Labute approximate surface area is 175 Å². The van der Waals surface area contributed by atoms with Crippen molar-refractivity contribution in [1.29, 1.82) is 0 Å². The van der Waals surface area contributed by atoms with Crippen LogP contribution < -0.4 is 9.47 Å². The fraction of sp³-hybridized carbons (Fsp3) is 0.0455. The number of hydrogen-bond donors (Lipinski definition) is 0. The lowest BCUT2D eigenvalue weighted by Crippen LogP contribution is -2.04. The fourth-order valence-corrected chi connectivity index (χ4v) is 2.84. The molecule has 0 aliphatic heterocycles. The lowest BCUT2D eigenvalue weighted by molar-refractivity contribution is -0.384. The molecule has 0 aliphatic rings. The van der Waals surface area contributed by atoms with Crippen LogP contribution in [-0.4, -0.2) is 10.9 Å². The summed E-state index contributed by atoms with van der Waals surface area (Å²) in [5.74, 6) is 0.240. The number of nitro benzene ring substituents is 1. The molecule has 29 heavy (non-hydrogen) atoms. The van der Waals surface area contributed by atoms with Crippen molar-refractivity contribution in [1.82, 2.24) is 0 Å². The van der Waals surface area contributed by atoms with Gasteiger partial charge in [0.1, 0.15) is 18.1 Å². The summed E-state index contributed by atoms with van der Waals surface area (Å²) < 4.78 is 11.9. The Hall–Kier alpha value is -3.45. The fourth-order valence-electron chi connectivity index (χ4n) is 2.46. The number of halogens is 1. The van der Waals surface area contributed by atoms with Gasteiger partial charge in [-0.1, -0.05) is 46.3 Å². The molecule has 6 nitrogen and oxygen atoms in total. The molecule has 0 heterocycles. The average molecular weight is 454 g/mol. The first kappa shape index (κ1) is 20.3. The molecule has 0 saturated carbocycles. The predicted octanol–water partition coefficient (Wildman–Crippen LogP) is 5.56. The highest BCUT2D eigenvalue weighted by molar-refractivity contribution is 9.10. The number of non-ortho nitro benzene ring substituents is 1. The van der Waals surface area contributed by atoms with Crippen molar-refractivity contribution >= 4 is 33.7 Å². The van der Waals surface area contributed by atoms with Crippen LogP contribution in [0.3, 0.4) is 0 Å². The molecule has 0 spiro atoms. The van der Waals surface area contributed by atoms with Crippen LogP contribution in [0.25, 0.3) is 6.08 Å².